The Kier molecular flexibility index (Phi) is 4.67. The van der Waals surface area contributed by atoms with Gasteiger partial charge in [0.15, 0.2) is 5.78 Å². The maximum atomic E-state index is 12.1. The van der Waals surface area contributed by atoms with Gasteiger partial charge in [-0.2, -0.15) is 5.26 Å². The minimum absolute atomic E-state index is 0.0557. The number of carbonyl (C=O) groups is 1. The molecule has 0 N–H and O–H groups in total. The number of hydrogen-bond donors (Lipinski definition) is 0. The zero-order chi connectivity index (χ0) is 13.8. The van der Waals surface area contributed by atoms with Crippen LogP contribution in [0.15, 0.2) is 24.3 Å². The fraction of sp³-hybridized carbons (Fsp3) is 0.500. The lowest BCUT2D eigenvalue weighted by Crippen LogP contribution is -2.14. The number of nitrogens with zero attached hydrogens (tertiary/aromatic N) is 1. The van der Waals surface area contributed by atoms with E-state index in [9.17, 15) is 4.79 Å². The molecular formula is C16H21NO. The van der Waals surface area contributed by atoms with Crippen molar-refractivity contribution in [2.75, 3.05) is 0 Å². The van der Waals surface area contributed by atoms with Gasteiger partial charge < -0.3 is 0 Å². The molecule has 0 aliphatic carbocycles. The van der Waals surface area contributed by atoms with E-state index >= 15 is 0 Å². The maximum absolute atomic E-state index is 12.1. The van der Waals surface area contributed by atoms with Gasteiger partial charge in [0.1, 0.15) is 5.92 Å². The molecule has 1 aromatic carbocycles. The first-order valence-corrected chi connectivity index (χ1v) is 6.44. The van der Waals surface area contributed by atoms with Gasteiger partial charge in [-0.25, -0.2) is 0 Å². The number of benzene rings is 1. The lowest BCUT2D eigenvalue weighted by molar-refractivity contribution is 0.0943. The molecule has 1 rings (SSSR count). The van der Waals surface area contributed by atoms with Gasteiger partial charge in [-0.05, 0) is 17.4 Å². The molecule has 2 nitrogen and oxygen atoms in total. The van der Waals surface area contributed by atoms with Crippen LogP contribution in [0.5, 0.6) is 0 Å². The number of carbonyl (C=O) groups excluding carboxylic acids is 1. The molecule has 0 aromatic heterocycles. The Labute approximate surface area is 110 Å². The molecule has 96 valence electrons. The van der Waals surface area contributed by atoms with E-state index in [1.54, 1.807) is 0 Å². The summed E-state index contributed by atoms with van der Waals surface area (Å²) in [6.45, 7) is 8.40. The number of ketones is 1. The summed E-state index contributed by atoms with van der Waals surface area (Å²) in [4.78, 5) is 12.1. The first-order chi connectivity index (χ1) is 8.40. The Morgan fingerprint density at radius 3 is 2.22 bits per heavy atom. The van der Waals surface area contributed by atoms with Crippen LogP contribution in [0.25, 0.3) is 0 Å². The molecule has 1 unspecified atom stereocenters. The van der Waals surface area contributed by atoms with Crippen molar-refractivity contribution in [1.82, 2.24) is 0 Å². The van der Waals surface area contributed by atoms with Crippen molar-refractivity contribution in [2.45, 2.75) is 46.0 Å². The van der Waals surface area contributed by atoms with E-state index in [1.165, 1.54) is 5.56 Å². The van der Waals surface area contributed by atoms with Gasteiger partial charge in [-0.3, -0.25) is 4.79 Å². The molecule has 0 amide bonds. The normalized spacial score (nSPS) is 12.8. The number of hydrogen-bond acceptors (Lipinski definition) is 2. The van der Waals surface area contributed by atoms with E-state index in [1.807, 2.05) is 31.2 Å². The van der Waals surface area contributed by atoms with Crippen molar-refractivity contribution in [3.05, 3.63) is 35.4 Å². The Morgan fingerprint density at radius 1 is 1.28 bits per heavy atom. The summed E-state index contributed by atoms with van der Waals surface area (Å²) in [6.07, 6.45) is 1.49. The molecule has 1 aromatic rings. The Morgan fingerprint density at radius 2 is 1.83 bits per heavy atom. The van der Waals surface area contributed by atoms with E-state index in [-0.39, 0.29) is 11.2 Å². The second-order valence-electron chi connectivity index (χ2n) is 5.66. The quantitative estimate of drug-likeness (QED) is 0.747. The van der Waals surface area contributed by atoms with Gasteiger partial charge in [-0.1, -0.05) is 58.4 Å². The van der Waals surface area contributed by atoms with Crippen LogP contribution < -0.4 is 0 Å². The highest BCUT2D eigenvalue weighted by molar-refractivity contribution is 5.99. The standard InChI is InChI=1S/C16H21NO/c1-5-6-13(11-17)15(18)12-7-9-14(10-8-12)16(2,3)4/h7-10,13H,5-6H2,1-4H3. The molecule has 18 heavy (non-hydrogen) atoms. The molecule has 0 bridgehead atoms. The predicted molar refractivity (Wildman–Crippen MR) is 73.5 cm³/mol. The average molecular weight is 243 g/mol. The van der Waals surface area contributed by atoms with Gasteiger partial charge in [0.2, 0.25) is 0 Å². The average Bonchev–Trinajstić information content (AvgIpc) is 2.34. The minimum Gasteiger partial charge on any atom is -0.293 e. The molecule has 0 spiro atoms. The molecule has 2 heteroatoms. The lowest BCUT2D eigenvalue weighted by atomic mass is 9.85. The highest BCUT2D eigenvalue weighted by atomic mass is 16.1. The summed E-state index contributed by atoms with van der Waals surface area (Å²) in [7, 11) is 0. The zero-order valence-electron chi connectivity index (χ0n) is 11.7. The van der Waals surface area contributed by atoms with Crippen LogP contribution in [0, 0.1) is 17.2 Å². The van der Waals surface area contributed by atoms with Crippen molar-refractivity contribution in [2.24, 2.45) is 5.92 Å². The summed E-state index contributed by atoms with van der Waals surface area (Å²) < 4.78 is 0. The molecular weight excluding hydrogens is 222 g/mol. The Bertz CT molecular complexity index is 445. The van der Waals surface area contributed by atoms with Crippen LogP contribution in [-0.2, 0) is 5.41 Å². The van der Waals surface area contributed by atoms with Gasteiger partial charge in [0, 0.05) is 5.56 Å². The van der Waals surface area contributed by atoms with Gasteiger partial charge in [-0.15, -0.1) is 0 Å². The molecule has 0 saturated heterocycles. The second-order valence-corrected chi connectivity index (χ2v) is 5.66. The van der Waals surface area contributed by atoms with Crippen LogP contribution >= 0.6 is 0 Å². The minimum atomic E-state index is -0.504. The largest absolute Gasteiger partial charge is 0.293 e. The molecule has 0 aliphatic rings. The summed E-state index contributed by atoms with van der Waals surface area (Å²) >= 11 is 0. The van der Waals surface area contributed by atoms with Crippen LogP contribution in [0.1, 0.15) is 56.5 Å². The topological polar surface area (TPSA) is 40.9 Å². The summed E-state index contributed by atoms with van der Waals surface area (Å²) in [5.41, 5.74) is 1.92. The van der Waals surface area contributed by atoms with Gasteiger partial charge >= 0.3 is 0 Å². The third kappa shape index (κ3) is 3.43. The number of Topliss-reactive ketones (excluding diaryl/α,β-unsaturated/α-hetero) is 1. The molecule has 0 radical (unpaired) electrons. The molecule has 0 heterocycles. The summed E-state index contributed by atoms with van der Waals surface area (Å²) in [5.74, 6) is -0.560. The van der Waals surface area contributed by atoms with Gasteiger partial charge in [0.05, 0.1) is 6.07 Å². The Balaban J connectivity index is 2.92. The molecule has 1 atom stereocenters. The van der Waals surface area contributed by atoms with Crippen molar-refractivity contribution in [3.8, 4) is 6.07 Å². The van der Waals surface area contributed by atoms with Crippen molar-refractivity contribution >= 4 is 5.78 Å². The third-order valence-corrected chi connectivity index (χ3v) is 3.09. The second kappa shape index (κ2) is 5.82. The first-order valence-electron chi connectivity index (χ1n) is 6.44. The van der Waals surface area contributed by atoms with E-state index < -0.39 is 5.92 Å². The van der Waals surface area contributed by atoms with Crippen LogP contribution in [0.4, 0.5) is 0 Å². The van der Waals surface area contributed by atoms with E-state index in [0.717, 1.165) is 6.42 Å². The summed E-state index contributed by atoms with van der Waals surface area (Å²) in [6, 6.07) is 9.73. The SMILES string of the molecule is CCCC(C#N)C(=O)c1ccc(C(C)(C)C)cc1. The highest BCUT2D eigenvalue weighted by Crippen LogP contribution is 2.23. The van der Waals surface area contributed by atoms with E-state index in [0.29, 0.717) is 12.0 Å². The van der Waals surface area contributed by atoms with Gasteiger partial charge in [0.25, 0.3) is 0 Å². The lowest BCUT2D eigenvalue weighted by Gasteiger charge is -2.19. The fourth-order valence-corrected chi connectivity index (χ4v) is 1.88. The fourth-order valence-electron chi connectivity index (χ4n) is 1.88. The van der Waals surface area contributed by atoms with Crippen molar-refractivity contribution < 1.29 is 4.79 Å². The predicted octanol–water partition coefficient (Wildman–Crippen LogP) is 4.11. The van der Waals surface area contributed by atoms with Crippen LogP contribution in [-0.4, -0.2) is 5.78 Å². The Hall–Kier alpha value is -1.62. The summed E-state index contributed by atoms with van der Waals surface area (Å²) in [5, 5.41) is 9.00. The number of rotatable bonds is 4. The highest BCUT2D eigenvalue weighted by Gasteiger charge is 2.19. The third-order valence-electron chi connectivity index (χ3n) is 3.09. The maximum Gasteiger partial charge on any atom is 0.179 e. The number of nitriles is 1. The first kappa shape index (κ1) is 14.4. The van der Waals surface area contributed by atoms with E-state index in [2.05, 4.69) is 26.8 Å². The molecule has 0 saturated carbocycles. The van der Waals surface area contributed by atoms with Crippen molar-refractivity contribution in [1.29, 1.82) is 5.26 Å². The molecule has 0 fully saturated rings. The molecule has 0 aliphatic heterocycles. The smallest absolute Gasteiger partial charge is 0.179 e. The monoisotopic (exact) mass is 243 g/mol. The van der Waals surface area contributed by atoms with Crippen molar-refractivity contribution in [3.63, 3.8) is 0 Å². The van der Waals surface area contributed by atoms with Crippen LogP contribution in [0.2, 0.25) is 0 Å². The zero-order valence-corrected chi connectivity index (χ0v) is 11.7. The van der Waals surface area contributed by atoms with E-state index in [4.69, 9.17) is 5.26 Å². The van der Waals surface area contributed by atoms with Crippen LogP contribution in [0.3, 0.4) is 0 Å².